The fraction of sp³-hybridized carbons (Fsp3) is 0.818. The van der Waals surface area contributed by atoms with Crippen molar-refractivity contribution in [1.82, 2.24) is 4.90 Å². The van der Waals surface area contributed by atoms with Crippen LogP contribution in [0.2, 0.25) is 0 Å². The van der Waals surface area contributed by atoms with Crippen molar-refractivity contribution >= 4 is 0 Å². The van der Waals surface area contributed by atoms with E-state index < -0.39 is 0 Å². The van der Waals surface area contributed by atoms with Crippen molar-refractivity contribution in [2.24, 2.45) is 5.73 Å². The van der Waals surface area contributed by atoms with Crippen molar-refractivity contribution in [2.45, 2.75) is 39.7 Å². The third kappa shape index (κ3) is 3.49. The van der Waals surface area contributed by atoms with Crippen LogP contribution >= 0.6 is 0 Å². The Balaban J connectivity index is 2.32. The topological polar surface area (TPSA) is 29.3 Å². The number of hydrogen-bond donors (Lipinski definition) is 1. The Morgan fingerprint density at radius 1 is 1.38 bits per heavy atom. The van der Waals surface area contributed by atoms with Crippen LogP contribution in [0.5, 0.6) is 0 Å². The summed E-state index contributed by atoms with van der Waals surface area (Å²) in [5.41, 5.74) is 8.87. The van der Waals surface area contributed by atoms with Crippen molar-refractivity contribution in [1.29, 1.82) is 0 Å². The van der Waals surface area contributed by atoms with Crippen LogP contribution in [0.25, 0.3) is 0 Å². The molecule has 0 amide bonds. The first-order chi connectivity index (χ1) is 6.09. The summed E-state index contributed by atoms with van der Waals surface area (Å²) in [6, 6.07) is 0.340. The Hall–Kier alpha value is -0.340. The molecule has 1 atom stereocenters. The van der Waals surface area contributed by atoms with Crippen LogP contribution in [0.3, 0.4) is 0 Å². The van der Waals surface area contributed by atoms with E-state index in [2.05, 4.69) is 25.7 Å². The highest BCUT2D eigenvalue weighted by Crippen LogP contribution is 2.16. The van der Waals surface area contributed by atoms with E-state index in [0.717, 1.165) is 19.5 Å². The molecule has 0 fully saturated rings. The van der Waals surface area contributed by atoms with E-state index in [1.54, 1.807) is 11.1 Å². The molecule has 1 unspecified atom stereocenters. The zero-order valence-corrected chi connectivity index (χ0v) is 9.14. The van der Waals surface area contributed by atoms with E-state index in [0.29, 0.717) is 6.04 Å². The van der Waals surface area contributed by atoms with Gasteiger partial charge in [0.25, 0.3) is 0 Å². The summed E-state index contributed by atoms with van der Waals surface area (Å²) >= 11 is 0. The number of rotatable bonds is 3. The third-order valence-electron chi connectivity index (χ3n) is 2.89. The summed E-state index contributed by atoms with van der Waals surface area (Å²) in [6.45, 7) is 10.1. The lowest BCUT2D eigenvalue weighted by molar-refractivity contribution is 0.275. The zero-order valence-electron chi connectivity index (χ0n) is 9.14. The molecule has 2 heteroatoms. The molecule has 0 bridgehead atoms. The van der Waals surface area contributed by atoms with Gasteiger partial charge in [-0.2, -0.15) is 0 Å². The van der Waals surface area contributed by atoms with E-state index in [4.69, 9.17) is 5.73 Å². The highest BCUT2D eigenvalue weighted by Gasteiger charge is 2.13. The molecule has 0 aliphatic carbocycles. The van der Waals surface area contributed by atoms with Crippen LogP contribution < -0.4 is 5.73 Å². The lowest BCUT2D eigenvalue weighted by Gasteiger charge is -2.28. The van der Waals surface area contributed by atoms with E-state index >= 15 is 0 Å². The zero-order chi connectivity index (χ0) is 9.84. The van der Waals surface area contributed by atoms with Gasteiger partial charge in [-0.05, 0) is 40.2 Å². The number of nitrogens with zero attached hydrogens (tertiary/aromatic N) is 1. The van der Waals surface area contributed by atoms with Crippen LogP contribution in [0.4, 0.5) is 0 Å². The highest BCUT2D eigenvalue weighted by atomic mass is 15.1. The van der Waals surface area contributed by atoms with E-state index in [1.165, 1.54) is 13.0 Å². The van der Waals surface area contributed by atoms with Gasteiger partial charge in [-0.25, -0.2) is 0 Å². The molecule has 0 saturated heterocycles. The molecule has 2 nitrogen and oxygen atoms in total. The van der Waals surface area contributed by atoms with Gasteiger partial charge in [0.15, 0.2) is 0 Å². The summed E-state index contributed by atoms with van der Waals surface area (Å²) in [7, 11) is 0. The average molecular weight is 182 g/mol. The fourth-order valence-corrected chi connectivity index (χ4v) is 1.67. The van der Waals surface area contributed by atoms with Crippen molar-refractivity contribution in [3.05, 3.63) is 11.1 Å². The van der Waals surface area contributed by atoms with Gasteiger partial charge in [0, 0.05) is 19.1 Å². The van der Waals surface area contributed by atoms with Crippen molar-refractivity contribution in [3.8, 4) is 0 Å². The monoisotopic (exact) mass is 182 g/mol. The standard InChI is InChI=1S/C11H22N2/c1-9-4-6-13(8-10(9)2)7-5-11(3)12/h11H,4-8,12H2,1-3H3. The van der Waals surface area contributed by atoms with Gasteiger partial charge in [0.1, 0.15) is 0 Å². The molecule has 1 aliphatic rings. The highest BCUT2D eigenvalue weighted by molar-refractivity contribution is 5.14. The minimum Gasteiger partial charge on any atom is -0.328 e. The first-order valence-corrected chi connectivity index (χ1v) is 5.22. The van der Waals surface area contributed by atoms with E-state index in [1.807, 2.05) is 0 Å². The van der Waals surface area contributed by atoms with Gasteiger partial charge in [0.05, 0.1) is 0 Å². The fourth-order valence-electron chi connectivity index (χ4n) is 1.67. The second-order valence-electron chi connectivity index (χ2n) is 4.35. The molecule has 76 valence electrons. The molecular weight excluding hydrogens is 160 g/mol. The summed E-state index contributed by atoms with van der Waals surface area (Å²) in [6.07, 6.45) is 2.36. The first kappa shape index (κ1) is 10.7. The van der Waals surface area contributed by atoms with Gasteiger partial charge in [-0.1, -0.05) is 11.1 Å². The molecule has 1 rings (SSSR count). The van der Waals surface area contributed by atoms with E-state index in [9.17, 15) is 0 Å². The van der Waals surface area contributed by atoms with Gasteiger partial charge in [-0.3, -0.25) is 4.90 Å². The maximum absolute atomic E-state index is 5.73. The molecule has 0 saturated carbocycles. The summed E-state index contributed by atoms with van der Waals surface area (Å²) in [4.78, 5) is 2.51. The maximum atomic E-state index is 5.73. The van der Waals surface area contributed by atoms with Gasteiger partial charge in [0.2, 0.25) is 0 Å². The summed E-state index contributed by atoms with van der Waals surface area (Å²) in [5.74, 6) is 0. The molecule has 13 heavy (non-hydrogen) atoms. The molecular formula is C11H22N2. The smallest absolute Gasteiger partial charge is 0.0192 e. The largest absolute Gasteiger partial charge is 0.328 e. The SMILES string of the molecule is CC1=C(C)CN(CCC(C)N)CC1. The van der Waals surface area contributed by atoms with Crippen molar-refractivity contribution < 1.29 is 0 Å². The Morgan fingerprint density at radius 2 is 2.08 bits per heavy atom. The number of hydrogen-bond acceptors (Lipinski definition) is 2. The second kappa shape index (κ2) is 4.77. The molecule has 0 aromatic carbocycles. The van der Waals surface area contributed by atoms with Crippen LogP contribution in [0.1, 0.15) is 33.6 Å². The third-order valence-corrected chi connectivity index (χ3v) is 2.89. The maximum Gasteiger partial charge on any atom is 0.0192 e. The van der Waals surface area contributed by atoms with Gasteiger partial charge >= 0.3 is 0 Å². The average Bonchev–Trinajstić information content (AvgIpc) is 2.07. The Labute approximate surface area is 81.8 Å². The van der Waals surface area contributed by atoms with Crippen LogP contribution in [0, 0.1) is 0 Å². The predicted molar refractivity (Wildman–Crippen MR) is 57.7 cm³/mol. The van der Waals surface area contributed by atoms with Crippen LogP contribution in [0.15, 0.2) is 11.1 Å². The number of nitrogens with two attached hydrogens (primary N) is 1. The molecule has 0 aromatic heterocycles. The van der Waals surface area contributed by atoms with E-state index in [-0.39, 0.29) is 0 Å². The molecule has 1 aliphatic heterocycles. The predicted octanol–water partition coefficient (Wildman–Crippen LogP) is 1.77. The van der Waals surface area contributed by atoms with Gasteiger partial charge in [-0.15, -0.1) is 0 Å². The summed E-state index contributed by atoms with van der Waals surface area (Å²) < 4.78 is 0. The van der Waals surface area contributed by atoms with Crippen LogP contribution in [-0.4, -0.2) is 30.6 Å². The molecule has 1 heterocycles. The summed E-state index contributed by atoms with van der Waals surface area (Å²) in [5, 5.41) is 0. The quantitative estimate of drug-likeness (QED) is 0.674. The lowest BCUT2D eigenvalue weighted by Crippen LogP contribution is -2.34. The molecule has 0 aromatic rings. The minimum absolute atomic E-state index is 0.340. The molecule has 0 spiro atoms. The molecule has 0 radical (unpaired) electrons. The van der Waals surface area contributed by atoms with Crippen LogP contribution in [-0.2, 0) is 0 Å². The minimum atomic E-state index is 0.340. The van der Waals surface area contributed by atoms with Crippen molar-refractivity contribution in [2.75, 3.05) is 19.6 Å². The Morgan fingerprint density at radius 3 is 2.62 bits per heavy atom. The van der Waals surface area contributed by atoms with Gasteiger partial charge < -0.3 is 5.73 Å². The lowest BCUT2D eigenvalue weighted by atomic mass is 10.0. The Kier molecular flexibility index (Phi) is 3.94. The molecule has 2 N–H and O–H groups in total. The Bertz CT molecular complexity index is 194. The van der Waals surface area contributed by atoms with Crippen molar-refractivity contribution in [3.63, 3.8) is 0 Å². The second-order valence-corrected chi connectivity index (χ2v) is 4.35. The first-order valence-electron chi connectivity index (χ1n) is 5.22. The normalized spacial score (nSPS) is 22.2.